The third-order valence-corrected chi connectivity index (χ3v) is 4.24. The molecule has 6 heteroatoms. The Morgan fingerprint density at radius 2 is 2.26 bits per heavy atom. The molecular formula is C13H16N2O3S. The Labute approximate surface area is 116 Å². The highest BCUT2D eigenvalue weighted by atomic mass is 32.2. The summed E-state index contributed by atoms with van der Waals surface area (Å²) >= 11 is 1.42. The van der Waals surface area contributed by atoms with E-state index < -0.39 is 11.9 Å². The minimum atomic E-state index is -0.834. The fraction of sp³-hybridized carbons (Fsp3) is 0.462. The van der Waals surface area contributed by atoms with Gasteiger partial charge in [-0.2, -0.15) is 0 Å². The Morgan fingerprint density at radius 1 is 1.53 bits per heavy atom. The molecule has 1 saturated heterocycles. The number of aromatic nitrogens is 1. The second-order valence-corrected chi connectivity index (χ2v) is 5.33. The van der Waals surface area contributed by atoms with Crippen LogP contribution < -0.4 is 0 Å². The van der Waals surface area contributed by atoms with Gasteiger partial charge in [-0.25, -0.2) is 4.98 Å². The van der Waals surface area contributed by atoms with Crippen LogP contribution in [-0.2, 0) is 4.79 Å². The van der Waals surface area contributed by atoms with E-state index in [9.17, 15) is 9.59 Å². The van der Waals surface area contributed by atoms with Gasteiger partial charge in [-0.1, -0.05) is 0 Å². The number of carbonyl (C=O) groups excluding carboxylic acids is 1. The Balaban J connectivity index is 2.23. The molecule has 102 valence electrons. The van der Waals surface area contributed by atoms with E-state index in [1.54, 1.807) is 30.2 Å². The van der Waals surface area contributed by atoms with Crippen molar-refractivity contribution in [1.82, 2.24) is 9.88 Å². The van der Waals surface area contributed by atoms with Crippen LogP contribution in [0, 0.1) is 5.92 Å². The number of carbonyl (C=O) groups is 2. The van der Waals surface area contributed by atoms with Crippen LogP contribution in [0.2, 0.25) is 0 Å². The molecule has 0 aliphatic carbocycles. The Bertz CT molecular complexity index is 506. The van der Waals surface area contributed by atoms with Gasteiger partial charge in [0.05, 0.1) is 11.5 Å². The minimum Gasteiger partial charge on any atom is -0.481 e. The predicted molar refractivity (Wildman–Crippen MR) is 72.3 cm³/mol. The topological polar surface area (TPSA) is 70.5 Å². The molecule has 0 spiro atoms. The maximum atomic E-state index is 12.5. The Hall–Kier alpha value is -1.56. The van der Waals surface area contributed by atoms with Crippen LogP contribution in [0.25, 0.3) is 0 Å². The predicted octanol–water partition coefficient (Wildman–Crippen LogP) is 1.74. The largest absolute Gasteiger partial charge is 0.481 e. The van der Waals surface area contributed by atoms with Crippen molar-refractivity contribution < 1.29 is 14.7 Å². The molecule has 1 fully saturated rings. The van der Waals surface area contributed by atoms with Crippen molar-refractivity contribution in [2.24, 2.45) is 5.92 Å². The van der Waals surface area contributed by atoms with Crippen molar-refractivity contribution in [2.75, 3.05) is 12.8 Å². The Morgan fingerprint density at radius 3 is 2.84 bits per heavy atom. The van der Waals surface area contributed by atoms with Crippen LogP contribution >= 0.6 is 11.8 Å². The van der Waals surface area contributed by atoms with Gasteiger partial charge < -0.3 is 10.0 Å². The van der Waals surface area contributed by atoms with Gasteiger partial charge in [0, 0.05) is 18.8 Å². The lowest BCUT2D eigenvalue weighted by Gasteiger charge is -2.23. The molecule has 0 bridgehead atoms. The first-order valence-electron chi connectivity index (χ1n) is 6.09. The molecule has 2 atom stereocenters. The van der Waals surface area contributed by atoms with Gasteiger partial charge in [0.2, 0.25) is 0 Å². The second kappa shape index (κ2) is 5.61. The third-order valence-electron chi connectivity index (χ3n) is 3.53. The van der Waals surface area contributed by atoms with E-state index in [1.165, 1.54) is 11.8 Å². The highest BCUT2D eigenvalue weighted by Crippen LogP contribution is 2.28. The number of aliphatic carboxylic acids is 1. The highest BCUT2D eigenvalue weighted by molar-refractivity contribution is 7.98. The van der Waals surface area contributed by atoms with Crippen LogP contribution in [0.4, 0.5) is 0 Å². The van der Waals surface area contributed by atoms with E-state index >= 15 is 0 Å². The number of carboxylic acids is 1. The average Bonchev–Trinajstić information content (AvgIpc) is 2.80. The molecular weight excluding hydrogens is 264 g/mol. The van der Waals surface area contributed by atoms with E-state index in [0.717, 1.165) is 0 Å². The van der Waals surface area contributed by atoms with Gasteiger partial charge >= 0.3 is 5.97 Å². The van der Waals surface area contributed by atoms with Crippen molar-refractivity contribution >= 4 is 23.6 Å². The average molecular weight is 280 g/mol. The first kappa shape index (κ1) is 13.9. The molecule has 0 aromatic carbocycles. The quantitative estimate of drug-likeness (QED) is 0.854. The van der Waals surface area contributed by atoms with Crippen LogP contribution in [0.1, 0.15) is 23.7 Å². The summed E-state index contributed by atoms with van der Waals surface area (Å²) in [5.74, 6) is -1.44. The molecule has 1 aromatic heterocycles. The number of pyridine rings is 1. The molecule has 1 aliphatic rings. The summed E-state index contributed by atoms with van der Waals surface area (Å²) < 4.78 is 0. The van der Waals surface area contributed by atoms with Crippen molar-refractivity contribution in [1.29, 1.82) is 0 Å². The van der Waals surface area contributed by atoms with E-state index in [1.807, 2.05) is 6.26 Å². The van der Waals surface area contributed by atoms with Gasteiger partial charge in [-0.05, 0) is 31.7 Å². The van der Waals surface area contributed by atoms with Crippen LogP contribution in [-0.4, -0.2) is 45.7 Å². The number of hydrogen-bond acceptors (Lipinski definition) is 4. The summed E-state index contributed by atoms with van der Waals surface area (Å²) in [6.07, 6.45) is 4.03. The summed E-state index contributed by atoms with van der Waals surface area (Å²) in [7, 11) is 0. The molecule has 0 radical (unpaired) electrons. The maximum Gasteiger partial charge on any atom is 0.308 e. The number of rotatable bonds is 3. The molecule has 1 amide bonds. The normalized spacial score (nSPS) is 22.5. The van der Waals surface area contributed by atoms with E-state index in [4.69, 9.17) is 5.11 Å². The summed E-state index contributed by atoms with van der Waals surface area (Å²) in [4.78, 5) is 29.4. The lowest BCUT2D eigenvalue weighted by Crippen LogP contribution is -2.37. The van der Waals surface area contributed by atoms with E-state index in [2.05, 4.69) is 4.98 Å². The zero-order chi connectivity index (χ0) is 14.0. The lowest BCUT2D eigenvalue weighted by atomic mass is 10.0. The molecule has 1 N–H and O–H groups in total. The standard InChI is InChI=1S/C13H16N2O3S/c1-8-9(13(17)18)5-7-15(8)12(16)10-4-3-6-14-11(10)19-2/h3-4,6,8-9H,5,7H2,1-2H3,(H,17,18). The van der Waals surface area contributed by atoms with Gasteiger partial charge in [0.25, 0.3) is 5.91 Å². The maximum absolute atomic E-state index is 12.5. The van der Waals surface area contributed by atoms with Crippen LogP contribution in [0.15, 0.2) is 23.4 Å². The van der Waals surface area contributed by atoms with Gasteiger partial charge in [-0.3, -0.25) is 9.59 Å². The smallest absolute Gasteiger partial charge is 0.308 e. The van der Waals surface area contributed by atoms with Crippen LogP contribution in [0.5, 0.6) is 0 Å². The lowest BCUT2D eigenvalue weighted by molar-refractivity contribution is -0.142. The fourth-order valence-corrected chi connectivity index (χ4v) is 2.97. The molecule has 2 heterocycles. The number of nitrogens with zero attached hydrogens (tertiary/aromatic N) is 2. The first-order chi connectivity index (χ1) is 9.06. The number of hydrogen-bond donors (Lipinski definition) is 1. The molecule has 2 rings (SSSR count). The molecule has 5 nitrogen and oxygen atoms in total. The van der Waals surface area contributed by atoms with Crippen molar-refractivity contribution in [3.05, 3.63) is 23.9 Å². The monoisotopic (exact) mass is 280 g/mol. The van der Waals surface area contributed by atoms with Crippen molar-refractivity contribution in [3.63, 3.8) is 0 Å². The van der Waals surface area contributed by atoms with E-state index in [-0.39, 0.29) is 11.9 Å². The zero-order valence-electron chi connectivity index (χ0n) is 10.9. The summed E-state index contributed by atoms with van der Waals surface area (Å²) in [6, 6.07) is 3.18. The summed E-state index contributed by atoms with van der Waals surface area (Å²) in [5.41, 5.74) is 0.549. The first-order valence-corrected chi connectivity index (χ1v) is 7.31. The van der Waals surface area contributed by atoms with Gasteiger partial charge in [-0.15, -0.1) is 11.8 Å². The SMILES string of the molecule is CSc1ncccc1C(=O)N1CCC(C(=O)O)C1C. The third kappa shape index (κ3) is 2.58. The number of likely N-dealkylation sites (tertiary alicyclic amines) is 1. The fourth-order valence-electron chi connectivity index (χ4n) is 2.43. The second-order valence-electron chi connectivity index (χ2n) is 4.53. The zero-order valence-corrected chi connectivity index (χ0v) is 11.7. The molecule has 1 aromatic rings. The number of thioether (sulfide) groups is 1. The van der Waals surface area contributed by atoms with Crippen LogP contribution in [0.3, 0.4) is 0 Å². The molecule has 2 unspecified atom stereocenters. The number of amides is 1. The molecule has 19 heavy (non-hydrogen) atoms. The van der Waals surface area contributed by atoms with E-state index in [0.29, 0.717) is 23.6 Å². The molecule has 0 saturated carbocycles. The Kier molecular flexibility index (Phi) is 4.09. The van der Waals surface area contributed by atoms with Gasteiger partial charge in [0.15, 0.2) is 0 Å². The summed E-state index contributed by atoms with van der Waals surface area (Å²) in [5, 5.41) is 9.78. The number of carboxylic acid groups (broad SMARTS) is 1. The summed E-state index contributed by atoms with van der Waals surface area (Å²) in [6.45, 7) is 2.28. The minimum absolute atomic E-state index is 0.131. The highest BCUT2D eigenvalue weighted by Gasteiger charge is 2.38. The van der Waals surface area contributed by atoms with Gasteiger partial charge in [0.1, 0.15) is 5.03 Å². The molecule has 1 aliphatic heterocycles. The van der Waals surface area contributed by atoms with Crippen molar-refractivity contribution in [3.8, 4) is 0 Å². The van der Waals surface area contributed by atoms with Crippen molar-refractivity contribution in [2.45, 2.75) is 24.4 Å².